The van der Waals surface area contributed by atoms with Crippen LogP contribution >= 0.6 is 0 Å². The minimum absolute atomic E-state index is 0.0493. The number of nitro benzene ring substituents is 1. The molecule has 1 aliphatic heterocycles. The van der Waals surface area contributed by atoms with Crippen molar-refractivity contribution in [3.63, 3.8) is 0 Å². The molecule has 2 heterocycles. The summed E-state index contributed by atoms with van der Waals surface area (Å²) in [7, 11) is 0. The first-order valence-electron chi connectivity index (χ1n) is 11.7. The topological polar surface area (TPSA) is 102 Å². The number of fused-ring (bicyclic) bond motifs is 1. The van der Waals surface area contributed by atoms with Gasteiger partial charge in [-0.25, -0.2) is 4.98 Å². The highest BCUT2D eigenvalue weighted by Gasteiger charge is 2.23. The molecular weight excluding hydrogens is 444 g/mol. The number of carbonyl (C=O) groups is 1. The van der Waals surface area contributed by atoms with Crippen LogP contribution in [0.2, 0.25) is 0 Å². The van der Waals surface area contributed by atoms with E-state index in [1.165, 1.54) is 6.07 Å². The second-order valence-corrected chi connectivity index (χ2v) is 8.98. The molecule has 1 amide bonds. The normalized spacial score (nSPS) is 13.7. The SMILES string of the molecule is Cc1ccc2oc(-c3ccc(C)c(NC(=O)c4ccc(N5CCCCC5)c([N+](=O)[O-])c4)c3)nc2c1. The Morgan fingerprint density at radius 2 is 1.83 bits per heavy atom. The molecule has 4 aromatic rings. The number of hydrogen-bond donors (Lipinski definition) is 1. The summed E-state index contributed by atoms with van der Waals surface area (Å²) in [5.41, 5.74) is 5.48. The number of rotatable bonds is 5. The molecule has 1 saturated heterocycles. The zero-order valence-corrected chi connectivity index (χ0v) is 19.7. The zero-order valence-electron chi connectivity index (χ0n) is 19.7. The van der Waals surface area contributed by atoms with Gasteiger partial charge in [-0.1, -0.05) is 12.1 Å². The van der Waals surface area contributed by atoms with Gasteiger partial charge in [-0.3, -0.25) is 14.9 Å². The van der Waals surface area contributed by atoms with Crippen LogP contribution in [0.5, 0.6) is 0 Å². The Morgan fingerprint density at radius 3 is 2.60 bits per heavy atom. The van der Waals surface area contributed by atoms with Crippen molar-refractivity contribution >= 4 is 34.1 Å². The van der Waals surface area contributed by atoms with Crippen LogP contribution in [0.25, 0.3) is 22.6 Å². The Bertz CT molecular complexity index is 1440. The maximum atomic E-state index is 13.1. The average Bonchev–Trinajstić information content (AvgIpc) is 3.28. The highest BCUT2D eigenvalue weighted by atomic mass is 16.6. The molecule has 1 aliphatic rings. The van der Waals surface area contributed by atoms with Crippen LogP contribution in [0.3, 0.4) is 0 Å². The predicted molar refractivity (Wildman–Crippen MR) is 136 cm³/mol. The number of hydrogen-bond acceptors (Lipinski definition) is 6. The lowest BCUT2D eigenvalue weighted by Gasteiger charge is -2.28. The third kappa shape index (κ3) is 4.59. The van der Waals surface area contributed by atoms with Crippen molar-refractivity contribution in [1.29, 1.82) is 0 Å². The molecule has 0 aliphatic carbocycles. The Balaban J connectivity index is 1.42. The van der Waals surface area contributed by atoms with E-state index in [1.807, 2.05) is 49.1 Å². The lowest BCUT2D eigenvalue weighted by atomic mass is 10.1. The highest BCUT2D eigenvalue weighted by molar-refractivity contribution is 6.05. The summed E-state index contributed by atoms with van der Waals surface area (Å²) in [5, 5.41) is 14.7. The first-order valence-corrected chi connectivity index (χ1v) is 11.7. The summed E-state index contributed by atoms with van der Waals surface area (Å²) >= 11 is 0. The first-order chi connectivity index (χ1) is 16.9. The van der Waals surface area contributed by atoms with Crippen molar-refractivity contribution in [2.75, 3.05) is 23.3 Å². The van der Waals surface area contributed by atoms with Crippen LogP contribution in [0.1, 0.15) is 40.7 Å². The summed E-state index contributed by atoms with van der Waals surface area (Å²) in [6.07, 6.45) is 3.15. The van der Waals surface area contributed by atoms with Gasteiger partial charge in [-0.15, -0.1) is 0 Å². The Labute approximate surface area is 202 Å². The van der Waals surface area contributed by atoms with Gasteiger partial charge in [0.1, 0.15) is 11.2 Å². The van der Waals surface area contributed by atoms with E-state index in [0.717, 1.165) is 54.6 Å². The fourth-order valence-electron chi connectivity index (χ4n) is 4.46. The fourth-order valence-corrected chi connectivity index (χ4v) is 4.46. The molecule has 3 aromatic carbocycles. The van der Waals surface area contributed by atoms with Crippen LogP contribution in [-0.4, -0.2) is 28.9 Å². The summed E-state index contributed by atoms with van der Waals surface area (Å²) in [6, 6.07) is 16.1. The third-order valence-electron chi connectivity index (χ3n) is 6.41. The number of nitrogens with zero attached hydrogens (tertiary/aromatic N) is 3. The molecule has 5 rings (SSSR count). The third-order valence-corrected chi connectivity index (χ3v) is 6.41. The summed E-state index contributed by atoms with van der Waals surface area (Å²) in [6.45, 7) is 5.45. The number of carbonyl (C=O) groups excluding carboxylic acids is 1. The van der Waals surface area contributed by atoms with Gasteiger partial charge in [0.2, 0.25) is 5.89 Å². The van der Waals surface area contributed by atoms with Gasteiger partial charge in [-0.2, -0.15) is 0 Å². The molecule has 0 radical (unpaired) electrons. The molecule has 1 aromatic heterocycles. The fraction of sp³-hybridized carbons (Fsp3) is 0.259. The van der Waals surface area contributed by atoms with Crippen molar-refractivity contribution < 1.29 is 14.1 Å². The van der Waals surface area contributed by atoms with Crippen molar-refractivity contribution in [2.45, 2.75) is 33.1 Å². The number of amides is 1. The molecule has 8 nitrogen and oxygen atoms in total. The van der Waals surface area contributed by atoms with Gasteiger partial charge in [-0.05, 0) is 80.6 Å². The molecule has 1 N–H and O–H groups in total. The van der Waals surface area contributed by atoms with Gasteiger partial charge in [0, 0.05) is 36.0 Å². The second-order valence-electron chi connectivity index (χ2n) is 8.98. The van der Waals surface area contributed by atoms with Crippen LogP contribution in [0.15, 0.2) is 59.0 Å². The van der Waals surface area contributed by atoms with Crippen LogP contribution in [0, 0.1) is 24.0 Å². The Kier molecular flexibility index (Phi) is 5.94. The van der Waals surface area contributed by atoms with Crippen molar-refractivity contribution in [3.8, 4) is 11.5 Å². The quantitative estimate of drug-likeness (QED) is 0.273. The van der Waals surface area contributed by atoms with Gasteiger partial charge in [0.25, 0.3) is 11.6 Å². The van der Waals surface area contributed by atoms with Gasteiger partial charge in [0.15, 0.2) is 5.58 Å². The molecule has 0 bridgehead atoms. The second kappa shape index (κ2) is 9.21. The minimum atomic E-state index is -0.415. The van der Waals surface area contributed by atoms with Crippen molar-refractivity contribution in [3.05, 3.63) is 81.4 Å². The van der Waals surface area contributed by atoms with Crippen molar-refractivity contribution in [1.82, 2.24) is 4.98 Å². The van der Waals surface area contributed by atoms with Crippen molar-refractivity contribution in [2.24, 2.45) is 0 Å². The molecule has 1 fully saturated rings. The van der Waals surface area contributed by atoms with Crippen LogP contribution in [-0.2, 0) is 0 Å². The lowest BCUT2D eigenvalue weighted by Crippen LogP contribution is -2.30. The number of anilines is 2. The predicted octanol–water partition coefficient (Wildman–Crippen LogP) is 6.26. The summed E-state index contributed by atoms with van der Waals surface area (Å²) < 4.78 is 5.90. The van der Waals surface area contributed by atoms with Crippen LogP contribution in [0.4, 0.5) is 17.1 Å². The van der Waals surface area contributed by atoms with E-state index >= 15 is 0 Å². The van der Waals surface area contributed by atoms with Gasteiger partial charge in [0.05, 0.1) is 4.92 Å². The molecule has 0 unspecified atom stereocenters. The van der Waals surface area contributed by atoms with Gasteiger partial charge >= 0.3 is 0 Å². The largest absolute Gasteiger partial charge is 0.436 e. The van der Waals surface area contributed by atoms with E-state index in [-0.39, 0.29) is 11.3 Å². The molecule has 0 atom stereocenters. The average molecular weight is 471 g/mol. The summed E-state index contributed by atoms with van der Waals surface area (Å²) in [4.78, 5) is 31.0. The molecule has 0 saturated carbocycles. The Hall–Kier alpha value is -4.20. The number of piperidine rings is 1. The zero-order chi connectivity index (χ0) is 24.5. The molecule has 35 heavy (non-hydrogen) atoms. The highest BCUT2D eigenvalue weighted by Crippen LogP contribution is 2.32. The maximum absolute atomic E-state index is 13.1. The number of nitro groups is 1. The van der Waals surface area contributed by atoms with Crippen LogP contribution < -0.4 is 10.2 Å². The maximum Gasteiger partial charge on any atom is 0.293 e. The number of nitrogens with one attached hydrogen (secondary N) is 1. The van der Waals surface area contributed by atoms with E-state index in [0.29, 0.717) is 22.8 Å². The lowest BCUT2D eigenvalue weighted by molar-refractivity contribution is -0.384. The van der Waals surface area contributed by atoms with E-state index in [1.54, 1.807) is 18.2 Å². The number of aromatic nitrogens is 1. The van der Waals surface area contributed by atoms with Gasteiger partial charge < -0.3 is 14.6 Å². The van der Waals surface area contributed by atoms with E-state index < -0.39 is 10.8 Å². The monoisotopic (exact) mass is 470 g/mol. The molecule has 0 spiro atoms. The first kappa shape index (κ1) is 22.6. The number of benzene rings is 3. The smallest absolute Gasteiger partial charge is 0.293 e. The number of oxazole rings is 1. The van der Waals surface area contributed by atoms with E-state index in [9.17, 15) is 14.9 Å². The Morgan fingerprint density at radius 1 is 1.03 bits per heavy atom. The van der Waals surface area contributed by atoms with E-state index in [2.05, 4.69) is 10.3 Å². The minimum Gasteiger partial charge on any atom is -0.436 e. The molecule has 8 heteroatoms. The number of aryl methyl sites for hydroxylation is 2. The molecular formula is C27H26N4O4. The summed E-state index contributed by atoms with van der Waals surface area (Å²) in [5.74, 6) is 0.0503. The standard InChI is InChI=1S/C27H26N4O4/c1-17-6-11-25-22(14-17)29-27(35-25)20-8-7-18(2)21(15-20)28-26(32)19-9-10-23(24(16-19)31(33)34)30-12-4-3-5-13-30/h6-11,14-16H,3-5,12-13H2,1-2H3,(H,28,32). The van der Waals surface area contributed by atoms with E-state index in [4.69, 9.17) is 4.42 Å². The molecule has 178 valence electrons.